The van der Waals surface area contributed by atoms with Crippen LogP contribution in [-0.4, -0.2) is 11.9 Å². The van der Waals surface area contributed by atoms with E-state index in [-0.39, 0.29) is 17.4 Å². The molecule has 150 valence electrons. The zero-order valence-electron chi connectivity index (χ0n) is 15.4. The quantitative estimate of drug-likeness (QED) is 0.357. The molecule has 3 aromatic carbocycles. The third kappa shape index (κ3) is 4.70. The zero-order chi connectivity index (χ0) is 21.1. The maximum absolute atomic E-state index is 13.1. The molecule has 30 heavy (non-hydrogen) atoms. The molecule has 0 bridgehead atoms. The van der Waals surface area contributed by atoms with Crippen LogP contribution in [0, 0.1) is 5.82 Å². The number of cyclic esters (lactones) is 1. The molecular weight excluding hydrogens is 428 g/mol. The van der Waals surface area contributed by atoms with Gasteiger partial charge in [0.2, 0.25) is 5.90 Å². The molecule has 0 aliphatic carbocycles. The van der Waals surface area contributed by atoms with Crippen LogP contribution in [0.15, 0.2) is 77.4 Å². The SMILES string of the molecule is O=C1OC(c2ccc(F)cc2)=N/C1=C\c1ccc(OCc2ccc(Cl)cc2Cl)cc1. The topological polar surface area (TPSA) is 47.9 Å². The van der Waals surface area contributed by atoms with Crippen molar-refractivity contribution in [2.75, 3.05) is 0 Å². The number of nitrogens with zero attached hydrogens (tertiary/aromatic N) is 1. The van der Waals surface area contributed by atoms with E-state index < -0.39 is 5.97 Å². The van der Waals surface area contributed by atoms with E-state index in [0.29, 0.717) is 28.0 Å². The maximum atomic E-state index is 13.1. The molecule has 0 radical (unpaired) electrons. The van der Waals surface area contributed by atoms with Crippen LogP contribution < -0.4 is 4.74 Å². The number of halogens is 3. The van der Waals surface area contributed by atoms with Crippen molar-refractivity contribution >= 4 is 41.1 Å². The maximum Gasteiger partial charge on any atom is 0.363 e. The van der Waals surface area contributed by atoms with E-state index in [1.54, 1.807) is 42.5 Å². The first-order chi connectivity index (χ1) is 14.5. The molecule has 7 heteroatoms. The molecule has 0 saturated carbocycles. The summed E-state index contributed by atoms with van der Waals surface area (Å²) in [5, 5.41) is 1.11. The van der Waals surface area contributed by atoms with Crippen molar-refractivity contribution in [3.8, 4) is 5.75 Å². The average Bonchev–Trinajstić information content (AvgIpc) is 3.09. The van der Waals surface area contributed by atoms with Crippen molar-refractivity contribution in [1.29, 1.82) is 0 Å². The van der Waals surface area contributed by atoms with Crippen molar-refractivity contribution in [1.82, 2.24) is 0 Å². The standard InChI is InChI=1S/C23H14Cl2FNO3/c24-17-6-3-16(20(25)12-17)13-29-19-9-1-14(2-10-19)11-21-23(28)30-22(27-21)15-4-7-18(26)8-5-15/h1-12H,13H2/b21-11-. The predicted molar refractivity (Wildman–Crippen MR) is 114 cm³/mol. The lowest BCUT2D eigenvalue weighted by Gasteiger charge is -2.08. The zero-order valence-corrected chi connectivity index (χ0v) is 17.0. The highest BCUT2D eigenvalue weighted by molar-refractivity contribution is 6.35. The Morgan fingerprint density at radius 2 is 1.73 bits per heavy atom. The molecule has 4 rings (SSSR count). The number of hydrogen-bond acceptors (Lipinski definition) is 4. The Bertz CT molecular complexity index is 1160. The summed E-state index contributed by atoms with van der Waals surface area (Å²) < 4.78 is 24.0. The molecule has 4 nitrogen and oxygen atoms in total. The van der Waals surface area contributed by atoms with Gasteiger partial charge in [0.25, 0.3) is 0 Å². The summed E-state index contributed by atoms with van der Waals surface area (Å²) in [5.74, 6) is -0.147. The van der Waals surface area contributed by atoms with Gasteiger partial charge in [0.15, 0.2) is 5.70 Å². The first-order valence-corrected chi connectivity index (χ1v) is 9.69. The molecule has 0 fully saturated rings. The number of hydrogen-bond donors (Lipinski definition) is 0. The van der Waals surface area contributed by atoms with Crippen LogP contribution in [0.4, 0.5) is 4.39 Å². The summed E-state index contributed by atoms with van der Waals surface area (Å²) >= 11 is 12.0. The fourth-order valence-corrected chi connectivity index (χ4v) is 3.21. The summed E-state index contributed by atoms with van der Waals surface area (Å²) in [5.41, 5.74) is 2.26. The number of carbonyl (C=O) groups excluding carboxylic acids is 1. The number of aliphatic imine (C=N–C) groups is 1. The normalized spacial score (nSPS) is 14.6. The van der Waals surface area contributed by atoms with Crippen LogP contribution in [0.5, 0.6) is 5.75 Å². The summed E-state index contributed by atoms with van der Waals surface area (Å²) in [6.07, 6.45) is 1.61. The van der Waals surface area contributed by atoms with Crippen LogP contribution in [0.3, 0.4) is 0 Å². The van der Waals surface area contributed by atoms with Gasteiger partial charge in [-0.2, -0.15) is 0 Å². The molecule has 0 spiro atoms. The first-order valence-electron chi connectivity index (χ1n) is 8.93. The van der Waals surface area contributed by atoms with E-state index in [2.05, 4.69) is 4.99 Å². The number of carbonyl (C=O) groups is 1. The van der Waals surface area contributed by atoms with Crippen LogP contribution >= 0.6 is 23.2 Å². The van der Waals surface area contributed by atoms with Gasteiger partial charge in [-0.15, -0.1) is 0 Å². The lowest BCUT2D eigenvalue weighted by molar-refractivity contribution is -0.129. The highest BCUT2D eigenvalue weighted by Crippen LogP contribution is 2.24. The average molecular weight is 442 g/mol. The minimum absolute atomic E-state index is 0.144. The summed E-state index contributed by atoms with van der Waals surface area (Å²) in [6.45, 7) is 0.300. The van der Waals surface area contributed by atoms with Crippen molar-refractivity contribution < 1.29 is 18.7 Å². The Morgan fingerprint density at radius 3 is 2.43 bits per heavy atom. The molecular formula is C23H14Cl2FNO3. The molecule has 0 aromatic heterocycles. The molecule has 1 aliphatic rings. The lowest BCUT2D eigenvalue weighted by atomic mass is 10.2. The van der Waals surface area contributed by atoms with Gasteiger partial charge < -0.3 is 9.47 Å². The largest absolute Gasteiger partial charge is 0.489 e. The van der Waals surface area contributed by atoms with Gasteiger partial charge in [-0.05, 0) is 60.2 Å². The summed E-state index contributed by atoms with van der Waals surface area (Å²) in [4.78, 5) is 16.3. The highest BCUT2D eigenvalue weighted by atomic mass is 35.5. The highest BCUT2D eigenvalue weighted by Gasteiger charge is 2.24. The van der Waals surface area contributed by atoms with Gasteiger partial charge in [-0.3, -0.25) is 0 Å². The number of benzene rings is 3. The Kier molecular flexibility index (Phi) is 5.84. The number of rotatable bonds is 5. The van der Waals surface area contributed by atoms with Crippen LogP contribution in [-0.2, 0) is 16.1 Å². The molecule has 0 atom stereocenters. The molecule has 1 heterocycles. The molecule has 0 saturated heterocycles. The van der Waals surface area contributed by atoms with Gasteiger partial charge in [-0.1, -0.05) is 41.4 Å². The third-order valence-electron chi connectivity index (χ3n) is 4.30. The third-order valence-corrected chi connectivity index (χ3v) is 4.89. The second kappa shape index (κ2) is 8.69. The first kappa shape index (κ1) is 20.1. The summed E-state index contributed by atoms with van der Waals surface area (Å²) in [7, 11) is 0. The molecule has 0 N–H and O–H groups in total. The van der Waals surface area contributed by atoms with E-state index in [1.165, 1.54) is 24.3 Å². The summed E-state index contributed by atoms with van der Waals surface area (Å²) in [6, 6.07) is 17.9. The van der Waals surface area contributed by atoms with Gasteiger partial charge in [0.1, 0.15) is 18.2 Å². The van der Waals surface area contributed by atoms with E-state index in [1.807, 2.05) is 6.07 Å². The van der Waals surface area contributed by atoms with E-state index in [9.17, 15) is 9.18 Å². The predicted octanol–water partition coefficient (Wildman–Crippen LogP) is 6.06. The molecule has 1 aliphatic heterocycles. The second-order valence-electron chi connectivity index (χ2n) is 6.44. The van der Waals surface area contributed by atoms with Gasteiger partial charge in [-0.25, -0.2) is 14.2 Å². The van der Waals surface area contributed by atoms with Crippen molar-refractivity contribution in [3.05, 3.63) is 105 Å². The van der Waals surface area contributed by atoms with Gasteiger partial charge >= 0.3 is 5.97 Å². The Morgan fingerprint density at radius 1 is 1.00 bits per heavy atom. The lowest BCUT2D eigenvalue weighted by Crippen LogP contribution is -2.05. The fraction of sp³-hybridized carbons (Fsp3) is 0.0435. The van der Waals surface area contributed by atoms with E-state index in [4.69, 9.17) is 32.7 Å². The minimum Gasteiger partial charge on any atom is -0.489 e. The van der Waals surface area contributed by atoms with Crippen LogP contribution in [0.1, 0.15) is 16.7 Å². The van der Waals surface area contributed by atoms with Crippen LogP contribution in [0.2, 0.25) is 10.0 Å². The monoisotopic (exact) mass is 441 g/mol. The molecule has 0 unspecified atom stereocenters. The van der Waals surface area contributed by atoms with Gasteiger partial charge in [0, 0.05) is 21.2 Å². The number of esters is 1. The Balaban J connectivity index is 1.45. The molecule has 0 amide bonds. The van der Waals surface area contributed by atoms with Crippen molar-refractivity contribution in [2.45, 2.75) is 6.61 Å². The van der Waals surface area contributed by atoms with Crippen molar-refractivity contribution in [3.63, 3.8) is 0 Å². The Labute approximate surface area is 182 Å². The van der Waals surface area contributed by atoms with Gasteiger partial charge in [0.05, 0.1) is 0 Å². The second-order valence-corrected chi connectivity index (χ2v) is 7.28. The minimum atomic E-state index is -0.563. The number of ether oxygens (including phenoxy) is 2. The van der Waals surface area contributed by atoms with E-state index in [0.717, 1.165) is 11.1 Å². The Hall–Kier alpha value is -3.15. The fourth-order valence-electron chi connectivity index (χ4n) is 2.74. The molecule has 3 aromatic rings. The van der Waals surface area contributed by atoms with Crippen molar-refractivity contribution in [2.24, 2.45) is 4.99 Å². The van der Waals surface area contributed by atoms with Crippen LogP contribution in [0.25, 0.3) is 6.08 Å². The van der Waals surface area contributed by atoms with E-state index >= 15 is 0 Å². The smallest absolute Gasteiger partial charge is 0.363 e.